The van der Waals surface area contributed by atoms with Gasteiger partial charge in [-0.1, -0.05) is 23.7 Å². The van der Waals surface area contributed by atoms with Crippen molar-refractivity contribution in [3.63, 3.8) is 0 Å². The normalized spacial score (nSPS) is 22.8. The molecule has 1 aliphatic heterocycles. The average Bonchev–Trinajstić information content (AvgIpc) is 2.98. The van der Waals surface area contributed by atoms with Crippen molar-refractivity contribution < 1.29 is 24.8 Å². The van der Waals surface area contributed by atoms with Crippen molar-refractivity contribution in [1.29, 1.82) is 0 Å². The van der Waals surface area contributed by atoms with Crippen molar-refractivity contribution >= 4 is 11.6 Å². The lowest BCUT2D eigenvalue weighted by molar-refractivity contribution is 0.0640. The van der Waals surface area contributed by atoms with E-state index in [0.717, 1.165) is 11.1 Å². The van der Waals surface area contributed by atoms with Crippen LogP contribution in [0, 0.1) is 0 Å². The van der Waals surface area contributed by atoms with Crippen molar-refractivity contribution in [2.45, 2.75) is 24.6 Å². The fraction of sp³-hybridized carbons (Fsp3) is 0.400. The number of aromatic hydroxyl groups is 1. The number of aliphatic hydroxyl groups is 2. The second kappa shape index (κ2) is 8.35. The second-order valence-electron chi connectivity index (χ2n) is 6.68. The maximum absolute atomic E-state index is 10.7. The predicted octanol–water partition coefficient (Wildman–Crippen LogP) is 2.38. The largest absolute Gasteiger partial charge is 0.502 e. The highest BCUT2D eigenvalue weighted by molar-refractivity contribution is 6.30. The molecule has 2 aromatic carbocycles. The molecule has 0 amide bonds. The van der Waals surface area contributed by atoms with E-state index in [0.29, 0.717) is 29.6 Å². The highest BCUT2D eigenvalue weighted by atomic mass is 35.5. The van der Waals surface area contributed by atoms with Crippen molar-refractivity contribution in [3.8, 4) is 17.2 Å². The summed E-state index contributed by atoms with van der Waals surface area (Å²) in [6.07, 6.45) is -0.697. The van der Waals surface area contributed by atoms with Crippen LogP contribution in [0.1, 0.15) is 17.0 Å². The van der Waals surface area contributed by atoms with Gasteiger partial charge in [0.1, 0.15) is 0 Å². The Morgan fingerprint density at radius 3 is 2.22 bits per heavy atom. The van der Waals surface area contributed by atoms with Crippen molar-refractivity contribution in [2.24, 2.45) is 0 Å². The molecule has 6 nitrogen and oxygen atoms in total. The summed E-state index contributed by atoms with van der Waals surface area (Å²) in [4.78, 5) is 2.02. The van der Waals surface area contributed by atoms with Gasteiger partial charge in [0.25, 0.3) is 0 Å². The van der Waals surface area contributed by atoms with E-state index in [9.17, 15) is 15.3 Å². The SMILES string of the molecule is COc1cc(CN2C[C@H](c3ccc(Cl)cc3)[C@@H](O)[C@H]2CO)cc(OC)c1O. The fourth-order valence-electron chi connectivity index (χ4n) is 3.67. The van der Waals surface area contributed by atoms with Crippen LogP contribution in [0.2, 0.25) is 5.02 Å². The average molecular weight is 394 g/mol. The van der Waals surface area contributed by atoms with Crippen molar-refractivity contribution in [1.82, 2.24) is 4.90 Å². The molecule has 0 unspecified atom stereocenters. The van der Waals surface area contributed by atoms with Crippen LogP contribution < -0.4 is 9.47 Å². The van der Waals surface area contributed by atoms with Crippen LogP contribution in [-0.2, 0) is 6.54 Å². The summed E-state index contributed by atoms with van der Waals surface area (Å²) >= 11 is 5.96. The molecule has 1 heterocycles. The Labute approximate surface area is 163 Å². The molecule has 0 spiro atoms. The summed E-state index contributed by atoms with van der Waals surface area (Å²) in [6, 6.07) is 10.5. The van der Waals surface area contributed by atoms with Gasteiger partial charge in [-0.3, -0.25) is 4.90 Å². The smallest absolute Gasteiger partial charge is 0.200 e. The molecule has 146 valence electrons. The number of phenols is 1. The minimum atomic E-state index is -0.697. The number of halogens is 1. The summed E-state index contributed by atoms with van der Waals surface area (Å²) in [7, 11) is 2.95. The lowest BCUT2D eigenvalue weighted by atomic mass is 9.94. The third kappa shape index (κ3) is 3.99. The highest BCUT2D eigenvalue weighted by Crippen LogP contribution is 2.39. The number of nitrogens with zero attached hydrogens (tertiary/aromatic N) is 1. The number of benzene rings is 2. The Balaban J connectivity index is 1.85. The third-order valence-corrected chi connectivity index (χ3v) is 5.37. The van der Waals surface area contributed by atoms with E-state index < -0.39 is 12.1 Å². The molecule has 0 saturated carbocycles. The molecule has 1 aliphatic rings. The van der Waals surface area contributed by atoms with Gasteiger partial charge in [-0.05, 0) is 35.4 Å². The predicted molar refractivity (Wildman–Crippen MR) is 103 cm³/mol. The second-order valence-corrected chi connectivity index (χ2v) is 7.11. The number of hydrogen-bond donors (Lipinski definition) is 3. The molecular formula is C20H24ClNO5. The first kappa shape index (κ1) is 19.8. The van der Waals surface area contributed by atoms with Crippen LogP contribution in [0.4, 0.5) is 0 Å². The van der Waals surface area contributed by atoms with Gasteiger partial charge < -0.3 is 24.8 Å². The van der Waals surface area contributed by atoms with E-state index in [1.165, 1.54) is 14.2 Å². The maximum atomic E-state index is 10.7. The van der Waals surface area contributed by atoms with E-state index in [2.05, 4.69) is 0 Å². The molecule has 3 atom stereocenters. The van der Waals surface area contributed by atoms with Gasteiger partial charge in [-0.2, -0.15) is 0 Å². The summed E-state index contributed by atoms with van der Waals surface area (Å²) in [5, 5.41) is 31.3. The molecule has 0 bridgehead atoms. The lowest BCUT2D eigenvalue weighted by Crippen LogP contribution is -2.38. The monoisotopic (exact) mass is 393 g/mol. The molecule has 3 rings (SSSR count). The van der Waals surface area contributed by atoms with E-state index in [1.807, 2.05) is 17.0 Å². The number of likely N-dealkylation sites (tertiary alicyclic amines) is 1. The van der Waals surface area contributed by atoms with E-state index in [1.54, 1.807) is 24.3 Å². The standard InChI is InChI=1S/C20H24ClNO5/c1-26-17-7-12(8-18(27-2)20(17)25)9-22-10-15(19(24)16(22)11-23)13-3-5-14(21)6-4-13/h3-8,15-16,19,23-25H,9-11H2,1-2H3/t15-,16-,19-/m1/s1. The topological polar surface area (TPSA) is 82.4 Å². The fourth-order valence-corrected chi connectivity index (χ4v) is 3.80. The van der Waals surface area contributed by atoms with Crippen LogP contribution in [0.3, 0.4) is 0 Å². The van der Waals surface area contributed by atoms with Gasteiger partial charge in [-0.25, -0.2) is 0 Å². The molecule has 2 aromatic rings. The quantitative estimate of drug-likeness (QED) is 0.699. The highest BCUT2D eigenvalue weighted by Gasteiger charge is 2.41. The lowest BCUT2D eigenvalue weighted by Gasteiger charge is -2.24. The van der Waals surface area contributed by atoms with Crippen LogP contribution in [0.25, 0.3) is 0 Å². The van der Waals surface area contributed by atoms with Crippen molar-refractivity contribution in [3.05, 3.63) is 52.5 Å². The number of rotatable bonds is 6. The van der Waals surface area contributed by atoms with Gasteiger partial charge in [-0.15, -0.1) is 0 Å². The first-order valence-corrected chi connectivity index (χ1v) is 9.08. The van der Waals surface area contributed by atoms with Gasteiger partial charge >= 0.3 is 0 Å². The first-order valence-electron chi connectivity index (χ1n) is 8.70. The Bertz CT molecular complexity index is 757. The van der Waals surface area contributed by atoms with Gasteiger partial charge in [0.2, 0.25) is 5.75 Å². The van der Waals surface area contributed by atoms with E-state index in [-0.39, 0.29) is 18.3 Å². The molecule has 1 saturated heterocycles. The van der Waals surface area contributed by atoms with Crippen LogP contribution in [0.5, 0.6) is 17.2 Å². The molecule has 0 aliphatic carbocycles. The van der Waals surface area contributed by atoms with Gasteiger partial charge in [0, 0.05) is 24.0 Å². The van der Waals surface area contributed by atoms with Gasteiger partial charge in [0.05, 0.1) is 33.0 Å². The van der Waals surface area contributed by atoms with Crippen LogP contribution >= 0.6 is 11.6 Å². The van der Waals surface area contributed by atoms with Crippen LogP contribution in [0.15, 0.2) is 36.4 Å². The number of phenolic OH excluding ortho intramolecular Hbond substituents is 1. The number of ether oxygens (including phenoxy) is 2. The Morgan fingerprint density at radius 2 is 1.70 bits per heavy atom. The minimum Gasteiger partial charge on any atom is -0.502 e. The summed E-state index contributed by atoms with van der Waals surface area (Å²) < 4.78 is 10.4. The first-order chi connectivity index (χ1) is 13.0. The zero-order chi connectivity index (χ0) is 19.6. The molecule has 1 fully saturated rings. The third-order valence-electron chi connectivity index (χ3n) is 5.12. The number of aliphatic hydroxyl groups excluding tert-OH is 2. The molecule has 0 aromatic heterocycles. The zero-order valence-corrected chi connectivity index (χ0v) is 16.1. The maximum Gasteiger partial charge on any atom is 0.200 e. The summed E-state index contributed by atoms with van der Waals surface area (Å²) in [5.41, 5.74) is 1.83. The molecule has 0 radical (unpaired) electrons. The molecular weight excluding hydrogens is 370 g/mol. The minimum absolute atomic E-state index is 0.0528. The Kier molecular flexibility index (Phi) is 6.11. The molecule has 7 heteroatoms. The van der Waals surface area contributed by atoms with E-state index in [4.69, 9.17) is 21.1 Å². The van der Waals surface area contributed by atoms with Crippen LogP contribution in [-0.4, -0.2) is 59.7 Å². The van der Waals surface area contributed by atoms with Gasteiger partial charge in [0.15, 0.2) is 11.5 Å². The zero-order valence-electron chi connectivity index (χ0n) is 15.3. The Hall–Kier alpha value is -1.99. The summed E-state index contributed by atoms with van der Waals surface area (Å²) in [6.45, 7) is 0.899. The number of methoxy groups -OCH3 is 2. The van der Waals surface area contributed by atoms with Crippen molar-refractivity contribution in [2.75, 3.05) is 27.4 Å². The number of hydrogen-bond acceptors (Lipinski definition) is 6. The molecule has 27 heavy (non-hydrogen) atoms. The summed E-state index contributed by atoms with van der Waals surface area (Å²) in [5.74, 6) is 0.459. The Morgan fingerprint density at radius 1 is 1.11 bits per heavy atom. The van der Waals surface area contributed by atoms with E-state index >= 15 is 0 Å². The molecule has 3 N–H and O–H groups in total.